The van der Waals surface area contributed by atoms with Gasteiger partial charge in [0.15, 0.2) is 5.43 Å². The number of carbonyl (C=O) groups excluding carboxylic acids is 1. The lowest BCUT2D eigenvalue weighted by Gasteiger charge is -2.09. The van der Waals surface area contributed by atoms with Crippen LogP contribution in [0.2, 0.25) is 0 Å². The number of hydrogen-bond donors (Lipinski definition) is 3. The van der Waals surface area contributed by atoms with Gasteiger partial charge in [-0.05, 0) is 62.2 Å². The van der Waals surface area contributed by atoms with Gasteiger partial charge in [0.25, 0.3) is 5.91 Å². The molecule has 0 bridgehead atoms. The van der Waals surface area contributed by atoms with Gasteiger partial charge in [0.05, 0.1) is 4.90 Å². The molecule has 8 heteroatoms. The number of benzene rings is 2. The maximum atomic E-state index is 12.5. The number of aryl methyl sites for hydroxylation is 1. The molecule has 2 aromatic carbocycles. The van der Waals surface area contributed by atoms with Crippen LogP contribution in [0.5, 0.6) is 0 Å². The molecule has 1 aromatic heterocycles. The van der Waals surface area contributed by atoms with E-state index in [0.29, 0.717) is 22.2 Å². The van der Waals surface area contributed by atoms with Gasteiger partial charge in [-0.3, -0.25) is 9.59 Å². The lowest BCUT2D eigenvalue weighted by Crippen LogP contribution is -2.25. The molecule has 1 aliphatic rings. The molecule has 28 heavy (non-hydrogen) atoms. The van der Waals surface area contributed by atoms with Crippen LogP contribution in [0.25, 0.3) is 10.9 Å². The number of sulfonamides is 1. The number of rotatable bonds is 5. The molecule has 0 spiro atoms. The highest BCUT2D eigenvalue weighted by atomic mass is 32.2. The molecule has 1 saturated carbocycles. The predicted molar refractivity (Wildman–Crippen MR) is 107 cm³/mol. The first-order valence-electron chi connectivity index (χ1n) is 8.89. The Bertz CT molecular complexity index is 1230. The molecule has 1 aliphatic carbocycles. The lowest BCUT2D eigenvalue weighted by molar-refractivity contribution is 0.102. The first-order valence-corrected chi connectivity index (χ1v) is 10.4. The third-order valence-corrected chi connectivity index (χ3v) is 6.08. The predicted octanol–water partition coefficient (Wildman–Crippen LogP) is 2.53. The van der Waals surface area contributed by atoms with Gasteiger partial charge in [0.2, 0.25) is 10.0 Å². The number of H-pyrrole nitrogens is 1. The maximum Gasteiger partial charge on any atom is 0.255 e. The summed E-state index contributed by atoms with van der Waals surface area (Å²) in [5, 5.41) is 3.22. The Balaban J connectivity index is 1.53. The summed E-state index contributed by atoms with van der Waals surface area (Å²) < 4.78 is 27.0. The Morgan fingerprint density at radius 2 is 1.79 bits per heavy atom. The van der Waals surface area contributed by atoms with Gasteiger partial charge in [0.1, 0.15) is 0 Å². The summed E-state index contributed by atoms with van der Waals surface area (Å²) in [6.07, 6.45) is 1.71. The van der Waals surface area contributed by atoms with E-state index in [9.17, 15) is 18.0 Å². The zero-order valence-electron chi connectivity index (χ0n) is 15.2. The largest absolute Gasteiger partial charge is 0.358 e. The maximum absolute atomic E-state index is 12.5. The van der Waals surface area contributed by atoms with E-state index in [1.165, 1.54) is 30.3 Å². The first-order chi connectivity index (χ1) is 13.3. The van der Waals surface area contributed by atoms with Crippen molar-refractivity contribution in [3.63, 3.8) is 0 Å². The topological polar surface area (TPSA) is 108 Å². The van der Waals surface area contributed by atoms with Gasteiger partial charge in [-0.1, -0.05) is 0 Å². The minimum absolute atomic E-state index is 0.0211. The van der Waals surface area contributed by atoms with Crippen molar-refractivity contribution in [3.05, 3.63) is 70.0 Å². The van der Waals surface area contributed by atoms with Crippen molar-refractivity contribution in [1.29, 1.82) is 0 Å². The molecule has 1 heterocycles. The number of nitrogens with one attached hydrogen (secondary N) is 3. The number of aromatic amines is 1. The van der Waals surface area contributed by atoms with Gasteiger partial charge < -0.3 is 10.3 Å². The molecule has 0 unspecified atom stereocenters. The number of anilines is 1. The molecule has 0 atom stereocenters. The van der Waals surface area contributed by atoms with Crippen LogP contribution < -0.4 is 15.5 Å². The molecular weight excluding hydrogens is 378 g/mol. The molecule has 3 aromatic rings. The molecule has 7 nitrogen and oxygen atoms in total. The van der Waals surface area contributed by atoms with Crippen LogP contribution in [-0.4, -0.2) is 25.4 Å². The summed E-state index contributed by atoms with van der Waals surface area (Å²) in [6.45, 7) is 1.81. The van der Waals surface area contributed by atoms with E-state index in [0.717, 1.165) is 18.5 Å². The smallest absolute Gasteiger partial charge is 0.255 e. The van der Waals surface area contributed by atoms with E-state index in [2.05, 4.69) is 15.0 Å². The average Bonchev–Trinajstić information content (AvgIpc) is 3.45. The molecule has 0 saturated heterocycles. The Kier molecular flexibility index (Phi) is 4.52. The van der Waals surface area contributed by atoms with Crippen LogP contribution >= 0.6 is 0 Å². The second kappa shape index (κ2) is 6.88. The Morgan fingerprint density at radius 1 is 1.07 bits per heavy atom. The van der Waals surface area contributed by atoms with Crippen molar-refractivity contribution >= 4 is 32.5 Å². The fourth-order valence-corrected chi connectivity index (χ4v) is 4.24. The van der Waals surface area contributed by atoms with E-state index in [-0.39, 0.29) is 22.3 Å². The number of amides is 1. The second-order valence-electron chi connectivity index (χ2n) is 6.95. The molecule has 1 fully saturated rings. The number of pyridine rings is 1. The van der Waals surface area contributed by atoms with Crippen molar-refractivity contribution in [2.75, 3.05) is 5.32 Å². The zero-order chi connectivity index (χ0) is 19.9. The fraction of sp³-hybridized carbons (Fsp3) is 0.200. The van der Waals surface area contributed by atoms with Crippen molar-refractivity contribution in [2.45, 2.75) is 30.7 Å². The number of fused-ring (bicyclic) bond motifs is 1. The highest BCUT2D eigenvalue weighted by molar-refractivity contribution is 7.89. The quantitative estimate of drug-likeness (QED) is 0.615. The summed E-state index contributed by atoms with van der Waals surface area (Å²) in [5.41, 5.74) is 2.14. The van der Waals surface area contributed by atoms with Crippen molar-refractivity contribution in [1.82, 2.24) is 9.71 Å². The zero-order valence-corrected chi connectivity index (χ0v) is 16.0. The molecule has 0 radical (unpaired) electrons. The summed E-state index contributed by atoms with van der Waals surface area (Å²) >= 11 is 0. The molecule has 144 valence electrons. The number of aromatic nitrogens is 1. The second-order valence-corrected chi connectivity index (χ2v) is 8.67. The summed E-state index contributed by atoms with van der Waals surface area (Å²) in [5.74, 6) is -0.387. The minimum Gasteiger partial charge on any atom is -0.358 e. The average molecular weight is 397 g/mol. The summed E-state index contributed by atoms with van der Waals surface area (Å²) in [4.78, 5) is 27.8. The van der Waals surface area contributed by atoms with Crippen molar-refractivity contribution < 1.29 is 13.2 Å². The van der Waals surface area contributed by atoms with E-state index < -0.39 is 10.0 Å². The minimum atomic E-state index is -3.55. The monoisotopic (exact) mass is 397 g/mol. The molecule has 4 rings (SSSR count). The van der Waals surface area contributed by atoms with Crippen molar-refractivity contribution in [3.8, 4) is 0 Å². The van der Waals surface area contributed by atoms with E-state index in [1.54, 1.807) is 25.1 Å². The third kappa shape index (κ3) is 3.83. The standard InChI is InChI=1S/C20H19N3O4S/c1-12-10-19(24)17-11-15(6-9-18(17)21-12)22-20(25)13-2-7-16(8-3-13)28(26,27)23-14-4-5-14/h2-3,6-11,14,23H,4-5H2,1H3,(H,21,24)(H,22,25). The first kappa shape index (κ1) is 18.4. The van der Waals surface area contributed by atoms with Crippen LogP contribution in [0, 0.1) is 6.92 Å². The van der Waals surface area contributed by atoms with Gasteiger partial charge in [-0.25, -0.2) is 13.1 Å². The van der Waals surface area contributed by atoms with Crippen LogP contribution in [0.4, 0.5) is 5.69 Å². The SMILES string of the molecule is Cc1cc(=O)c2cc(NC(=O)c3ccc(S(=O)(=O)NC4CC4)cc3)ccc2[nH]1. The van der Waals surface area contributed by atoms with Crippen LogP contribution in [0.15, 0.2) is 58.2 Å². The summed E-state index contributed by atoms with van der Waals surface area (Å²) in [7, 11) is -3.55. The highest BCUT2D eigenvalue weighted by Gasteiger charge is 2.27. The normalized spacial score (nSPS) is 14.2. The lowest BCUT2D eigenvalue weighted by atomic mass is 10.1. The van der Waals surface area contributed by atoms with Gasteiger partial charge in [-0.15, -0.1) is 0 Å². The van der Waals surface area contributed by atoms with Gasteiger partial charge >= 0.3 is 0 Å². The molecule has 3 N–H and O–H groups in total. The van der Waals surface area contributed by atoms with Crippen LogP contribution in [-0.2, 0) is 10.0 Å². The van der Waals surface area contributed by atoms with E-state index in [4.69, 9.17) is 0 Å². The number of carbonyl (C=O) groups is 1. The van der Waals surface area contributed by atoms with Gasteiger partial charge in [0, 0.05) is 40.0 Å². The van der Waals surface area contributed by atoms with Gasteiger partial charge in [-0.2, -0.15) is 0 Å². The van der Waals surface area contributed by atoms with E-state index >= 15 is 0 Å². The van der Waals surface area contributed by atoms with Crippen LogP contribution in [0.3, 0.4) is 0 Å². The molecule has 0 aliphatic heterocycles. The Labute approximate surface area is 161 Å². The molecular formula is C20H19N3O4S. The van der Waals surface area contributed by atoms with Crippen molar-refractivity contribution in [2.24, 2.45) is 0 Å². The highest BCUT2D eigenvalue weighted by Crippen LogP contribution is 2.22. The number of hydrogen-bond acceptors (Lipinski definition) is 4. The molecule has 1 amide bonds. The summed E-state index contributed by atoms with van der Waals surface area (Å²) in [6, 6.07) is 12.3. The Morgan fingerprint density at radius 3 is 2.46 bits per heavy atom. The van der Waals surface area contributed by atoms with E-state index in [1.807, 2.05) is 0 Å². The fourth-order valence-electron chi connectivity index (χ4n) is 2.94. The van der Waals surface area contributed by atoms with Crippen LogP contribution in [0.1, 0.15) is 28.9 Å². The Hall–Kier alpha value is -2.97. The third-order valence-electron chi connectivity index (χ3n) is 4.55.